The zero-order chi connectivity index (χ0) is 15.9. The molecule has 21 heavy (non-hydrogen) atoms. The monoisotopic (exact) mass is 378 g/mol. The van der Waals surface area contributed by atoms with E-state index >= 15 is 0 Å². The van der Waals surface area contributed by atoms with E-state index in [4.69, 9.17) is 18.5 Å². The van der Waals surface area contributed by atoms with E-state index in [1.807, 2.05) is 6.07 Å². The van der Waals surface area contributed by atoms with Crippen molar-refractivity contribution in [3.63, 3.8) is 0 Å². The van der Waals surface area contributed by atoms with Crippen molar-refractivity contribution in [3.05, 3.63) is 28.0 Å². The van der Waals surface area contributed by atoms with Crippen LogP contribution >= 0.6 is 23.5 Å². The third kappa shape index (κ3) is 4.85. The number of hydrogen-bond donors (Lipinski definition) is 0. The lowest BCUT2D eigenvalue weighted by Crippen LogP contribution is -1.95. The van der Waals surface area contributed by atoms with Crippen molar-refractivity contribution in [3.8, 4) is 11.5 Å². The molecule has 0 aliphatic heterocycles. The molecule has 0 aliphatic carbocycles. The van der Waals surface area contributed by atoms with Crippen LogP contribution in [0.3, 0.4) is 0 Å². The van der Waals surface area contributed by atoms with Gasteiger partial charge < -0.3 is 18.5 Å². The summed E-state index contributed by atoms with van der Waals surface area (Å²) in [6.07, 6.45) is 1.69. The summed E-state index contributed by atoms with van der Waals surface area (Å²) in [5, 5.41) is 0. The summed E-state index contributed by atoms with van der Waals surface area (Å²) in [6, 6.07) is 5.38. The SMILES string of the molecule is CCOP(=O)(OCC)/C(Br)=C/c1ccc(OC)c(OC)c1. The number of hydrogen-bond acceptors (Lipinski definition) is 5. The minimum atomic E-state index is -3.31. The molecule has 5 nitrogen and oxygen atoms in total. The van der Waals surface area contributed by atoms with E-state index in [-0.39, 0.29) is 0 Å². The Bertz CT molecular complexity index is 534. The molecule has 1 aromatic rings. The summed E-state index contributed by atoms with van der Waals surface area (Å²) in [5.41, 5.74) is 0.791. The zero-order valence-electron chi connectivity index (χ0n) is 12.6. The van der Waals surface area contributed by atoms with Crippen LogP contribution in [0, 0.1) is 0 Å². The molecule has 0 saturated heterocycles. The van der Waals surface area contributed by atoms with E-state index in [2.05, 4.69) is 15.9 Å². The van der Waals surface area contributed by atoms with Gasteiger partial charge in [0, 0.05) is 0 Å². The van der Waals surface area contributed by atoms with Gasteiger partial charge in [0.2, 0.25) is 0 Å². The summed E-state index contributed by atoms with van der Waals surface area (Å²) in [5.74, 6) is 1.22. The fourth-order valence-corrected chi connectivity index (χ4v) is 3.85. The Morgan fingerprint density at radius 3 is 2.19 bits per heavy atom. The average Bonchev–Trinajstić information content (AvgIpc) is 2.47. The summed E-state index contributed by atoms with van der Waals surface area (Å²) in [6.45, 7) is 4.13. The molecule has 118 valence electrons. The maximum absolute atomic E-state index is 12.6. The maximum Gasteiger partial charge on any atom is 0.368 e. The van der Waals surface area contributed by atoms with Crippen LogP contribution in [0.5, 0.6) is 11.5 Å². The number of rotatable bonds is 8. The van der Waals surface area contributed by atoms with Gasteiger partial charge in [-0.2, -0.15) is 0 Å². The minimum Gasteiger partial charge on any atom is -0.493 e. The minimum absolute atomic E-state index is 0.298. The van der Waals surface area contributed by atoms with Crippen molar-refractivity contribution in [2.45, 2.75) is 13.8 Å². The van der Waals surface area contributed by atoms with Crippen molar-refractivity contribution in [1.82, 2.24) is 0 Å². The van der Waals surface area contributed by atoms with Gasteiger partial charge >= 0.3 is 7.60 Å². The highest BCUT2D eigenvalue weighted by molar-refractivity contribution is 9.13. The van der Waals surface area contributed by atoms with E-state index in [0.29, 0.717) is 28.9 Å². The third-order valence-corrected chi connectivity index (χ3v) is 5.93. The normalized spacial score (nSPS) is 12.3. The van der Waals surface area contributed by atoms with Gasteiger partial charge in [0.05, 0.1) is 27.4 Å². The highest BCUT2D eigenvalue weighted by Gasteiger charge is 2.27. The first-order valence-corrected chi connectivity index (χ1v) is 8.83. The van der Waals surface area contributed by atoms with Gasteiger partial charge in [-0.1, -0.05) is 6.07 Å². The van der Waals surface area contributed by atoms with Crippen LogP contribution in [0.25, 0.3) is 6.08 Å². The smallest absolute Gasteiger partial charge is 0.368 e. The van der Waals surface area contributed by atoms with E-state index in [1.54, 1.807) is 46.3 Å². The summed E-state index contributed by atoms with van der Waals surface area (Å²) >= 11 is 3.30. The van der Waals surface area contributed by atoms with E-state index < -0.39 is 7.60 Å². The second kappa shape index (κ2) is 8.59. The van der Waals surface area contributed by atoms with Crippen LogP contribution in [0.4, 0.5) is 0 Å². The van der Waals surface area contributed by atoms with E-state index in [1.165, 1.54) is 0 Å². The molecule has 0 fully saturated rings. The molecule has 0 radical (unpaired) electrons. The molecular formula is C14H20BrO5P. The Labute approximate surface area is 133 Å². The predicted molar refractivity (Wildman–Crippen MR) is 87.3 cm³/mol. The van der Waals surface area contributed by atoms with Crippen molar-refractivity contribution in [1.29, 1.82) is 0 Å². The van der Waals surface area contributed by atoms with Crippen molar-refractivity contribution < 1.29 is 23.1 Å². The molecule has 7 heteroatoms. The van der Waals surface area contributed by atoms with E-state index in [0.717, 1.165) is 5.56 Å². The first-order chi connectivity index (χ1) is 10.0. The van der Waals surface area contributed by atoms with Gasteiger partial charge in [0.1, 0.15) is 4.22 Å². The Hall–Kier alpha value is -0.810. The van der Waals surface area contributed by atoms with E-state index in [9.17, 15) is 4.57 Å². The molecule has 0 atom stereocenters. The maximum atomic E-state index is 12.6. The number of ether oxygens (including phenoxy) is 2. The standard InChI is InChI=1S/C14H20BrO5P/c1-5-19-21(16,20-6-2)14(15)10-11-7-8-12(17-3)13(9-11)18-4/h7-10H,5-6H2,1-4H3/b14-10+. The molecule has 0 amide bonds. The van der Waals surface area contributed by atoms with Gasteiger partial charge in [0.25, 0.3) is 0 Å². The van der Waals surface area contributed by atoms with Crippen LogP contribution in [-0.2, 0) is 13.6 Å². The largest absolute Gasteiger partial charge is 0.493 e. The summed E-state index contributed by atoms with van der Waals surface area (Å²) < 4.78 is 33.9. The lowest BCUT2D eigenvalue weighted by atomic mass is 10.2. The average molecular weight is 379 g/mol. The number of methoxy groups -OCH3 is 2. The molecule has 0 unspecified atom stereocenters. The summed E-state index contributed by atoms with van der Waals surface area (Å²) in [7, 11) is -0.180. The molecule has 1 aromatic carbocycles. The zero-order valence-corrected chi connectivity index (χ0v) is 15.1. The first kappa shape index (κ1) is 18.2. The molecule has 0 N–H and O–H groups in total. The Balaban J connectivity index is 3.13. The second-order valence-electron chi connectivity index (χ2n) is 3.91. The Morgan fingerprint density at radius 2 is 1.71 bits per heavy atom. The topological polar surface area (TPSA) is 54.0 Å². The quantitative estimate of drug-likeness (QED) is 0.615. The van der Waals surface area contributed by atoms with Crippen LogP contribution in [0.15, 0.2) is 22.4 Å². The second-order valence-corrected chi connectivity index (χ2v) is 7.37. The number of halogens is 1. The molecule has 0 aliphatic rings. The van der Waals surface area contributed by atoms with Crippen molar-refractivity contribution in [2.24, 2.45) is 0 Å². The first-order valence-electron chi connectivity index (χ1n) is 6.49. The third-order valence-electron chi connectivity index (χ3n) is 2.55. The lowest BCUT2D eigenvalue weighted by molar-refractivity contribution is 0.228. The fraction of sp³-hybridized carbons (Fsp3) is 0.429. The molecule has 0 bridgehead atoms. The Morgan fingerprint density at radius 1 is 1.14 bits per heavy atom. The molecule has 0 heterocycles. The van der Waals surface area contributed by atoms with Gasteiger partial charge in [-0.3, -0.25) is 4.57 Å². The number of benzene rings is 1. The molecule has 0 saturated carbocycles. The van der Waals surface area contributed by atoms with Gasteiger partial charge in [-0.05, 0) is 53.5 Å². The molecular weight excluding hydrogens is 359 g/mol. The highest BCUT2D eigenvalue weighted by Crippen LogP contribution is 2.59. The van der Waals surface area contributed by atoms with Gasteiger partial charge in [-0.25, -0.2) is 0 Å². The van der Waals surface area contributed by atoms with Crippen molar-refractivity contribution in [2.75, 3.05) is 27.4 Å². The molecule has 0 spiro atoms. The van der Waals surface area contributed by atoms with Gasteiger partial charge in [-0.15, -0.1) is 0 Å². The highest BCUT2D eigenvalue weighted by atomic mass is 79.9. The van der Waals surface area contributed by atoms with Crippen LogP contribution in [0.1, 0.15) is 19.4 Å². The predicted octanol–water partition coefficient (Wildman–Crippen LogP) is 4.66. The lowest BCUT2D eigenvalue weighted by Gasteiger charge is -2.16. The Kier molecular flexibility index (Phi) is 7.46. The van der Waals surface area contributed by atoms with Crippen LogP contribution in [-0.4, -0.2) is 27.4 Å². The van der Waals surface area contributed by atoms with Crippen LogP contribution in [0.2, 0.25) is 0 Å². The van der Waals surface area contributed by atoms with Crippen LogP contribution < -0.4 is 9.47 Å². The molecule has 0 aromatic heterocycles. The summed E-state index contributed by atoms with van der Waals surface area (Å²) in [4.78, 5) is 0. The molecule has 1 rings (SSSR count). The fourth-order valence-electron chi connectivity index (χ4n) is 1.66. The van der Waals surface area contributed by atoms with Gasteiger partial charge in [0.15, 0.2) is 11.5 Å². The van der Waals surface area contributed by atoms with Crippen molar-refractivity contribution >= 4 is 29.6 Å².